The molecule has 166 valence electrons. The Balaban J connectivity index is 1.81. The zero-order valence-corrected chi connectivity index (χ0v) is 18.3. The Morgan fingerprint density at radius 3 is 2.81 bits per heavy atom. The number of rotatable bonds is 7. The van der Waals surface area contributed by atoms with Crippen LogP contribution in [0.25, 0.3) is 0 Å². The summed E-state index contributed by atoms with van der Waals surface area (Å²) in [5.41, 5.74) is 5.85. The van der Waals surface area contributed by atoms with Crippen LogP contribution in [0.5, 0.6) is 0 Å². The number of fused-ring (bicyclic) bond motifs is 1. The maximum Gasteiger partial charge on any atom is 0.319 e. The molecule has 0 spiro atoms. The van der Waals surface area contributed by atoms with Crippen molar-refractivity contribution in [1.82, 2.24) is 9.62 Å². The molecule has 0 bridgehead atoms. The summed E-state index contributed by atoms with van der Waals surface area (Å²) in [6.45, 7) is 0.00476. The van der Waals surface area contributed by atoms with Gasteiger partial charge in [0, 0.05) is 29.4 Å². The molecule has 3 rings (SSSR count). The first-order chi connectivity index (χ1) is 14.6. The molecule has 1 unspecified atom stereocenters. The lowest BCUT2D eigenvalue weighted by molar-refractivity contribution is 0.0964. The van der Waals surface area contributed by atoms with Gasteiger partial charge in [0.05, 0.1) is 4.90 Å². The number of halogens is 1. The first-order valence-electron chi connectivity index (χ1n) is 9.43. The summed E-state index contributed by atoms with van der Waals surface area (Å²) in [5, 5.41) is 6.52. The molecule has 2 aromatic rings. The summed E-state index contributed by atoms with van der Waals surface area (Å²) in [5.74, 6) is -1.55. The zero-order valence-electron chi connectivity index (χ0n) is 16.6. The molecular weight excluding hydrogens is 447 g/mol. The number of benzene rings is 1. The number of carbonyl (C=O) groups excluding carboxylic acids is 2. The number of primary amides is 1. The van der Waals surface area contributed by atoms with Crippen LogP contribution < -0.4 is 11.1 Å². The number of nitrogens with two attached hydrogens (primary N) is 1. The molecule has 3 amide bonds. The number of carbonyl (C=O) groups is 2. The van der Waals surface area contributed by atoms with E-state index in [4.69, 9.17) is 5.73 Å². The number of thiophene rings is 1. The normalized spacial score (nSPS) is 16.0. The third kappa shape index (κ3) is 4.81. The van der Waals surface area contributed by atoms with Crippen LogP contribution in [0.2, 0.25) is 0 Å². The topological polar surface area (TPSA) is 139 Å². The molecule has 3 N–H and O–H groups in total. The van der Waals surface area contributed by atoms with Gasteiger partial charge in [-0.2, -0.15) is 4.91 Å². The standard InChI is InChI=1S/C19H21FN4O5S2/c1-24(8-7-11-5-6-12(20)9-14(11)18(25)22-19(21)26)31(28,29)16-10-30-17-13(16)3-2-4-15(17)23-27/h5-6,9-10,15H,2-4,7-8H2,1H3,(H3,21,22,25,26). The van der Waals surface area contributed by atoms with Crippen LogP contribution in [0.3, 0.4) is 0 Å². The summed E-state index contributed by atoms with van der Waals surface area (Å²) in [4.78, 5) is 35.0. The number of nitrogens with one attached hydrogen (secondary N) is 1. The van der Waals surface area contributed by atoms with Gasteiger partial charge >= 0.3 is 6.03 Å². The van der Waals surface area contributed by atoms with Crippen molar-refractivity contribution in [2.75, 3.05) is 13.6 Å². The predicted molar refractivity (Wildman–Crippen MR) is 113 cm³/mol. The van der Waals surface area contributed by atoms with Crippen LogP contribution in [-0.2, 0) is 22.9 Å². The second-order valence-electron chi connectivity index (χ2n) is 7.15. The van der Waals surface area contributed by atoms with E-state index in [1.807, 2.05) is 5.32 Å². The minimum Gasteiger partial charge on any atom is -0.351 e. The number of imide groups is 1. The van der Waals surface area contributed by atoms with Crippen molar-refractivity contribution >= 4 is 33.3 Å². The smallest absolute Gasteiger partial charge is 0.319 e. The number of urea groups is 1. The molecule has 1 atom stereocenters. The fourth-order valence-corrected chi connectivity index (χ4v) is 6.49. The number of amides is 3. The van der Waals surface area contributed by atoms with E-state index in [9.17, 15) is 27.3 Å². The minimum absolute atomic E-state index is 0.00476. The summed E-state index contributed by atoms with van der Waals surface area (Å²) < 4.78 is 41.0. The lowest BCUT2D eigenvalue weighted by Gasteiger charge is -2.21. The van der Waals surface area contributed by atoms with Gasteiger partial charge in [-0.3, -0.25) is 10.1 Å². The monoisotopic (exact) mass is 468 g/mol. The first-order valence-corrected chi connectivity index (χ1v) is 11.8. The summed E-state index contributed by atoms with van der Waals surface area (Å²) >= 11 is 1.22. The molecule has 0 saturated carbocycles. The Bertz CT molecular complexity index is 1130. The molecule has 0 saturated heterocycles. The number of sulfonamides is 1. The van der Waals surface area contributed by atoms with Gasteiger partial charge < -0.3 is 5.73 Å². The third-order valence-corrected chi connectivity index (χ3v) is 8.36. The summed E-state index contributed by atoms with van der Waals surface area (Å²) in [6, 6.07) is 1.87. The molecule has 31 heavy (non-hydrogen) atoms. The van der Waals surface area contributed by atoms with E-state index in [1.165, 1.54) is 29.8 Å². The number of hydrogen-bond donors (Lipinski definition) is 2. The van der Waals surface area contributed by atoms with Crippen molar-refractivity contribution in [3.63, 3.8) is 0 Å². The fraction of sp³-hybridized carbons (Fsp3) is 0.368. The molecule has 1 aromatic carbocycles. The average Bonchev–Trinajstić information content (AvgIpc) is 3.17. The van der Waals surface area contributed by atoms with Crippen LogP contribution in [-0.4, -0.2) is 38.3 Å². The highest BCUT2D eigenvalue weighted by molar-refractivity contribution is 7.89. The van der Waals surface area contributed by atoms with E-state index < -0.39 is 33.8 Å². The van der Waals surface area contributed by atoms with Gasteiger partial charge in [0.15, 0.2) is 0 Å². The predicted octanol–water partition coefficient (Wildman–Crippen LogP) is 2.70. The molecule has 0 fully saturated rings. The Kier molecular flexibility index (Phi) is 6.82. The Morgan fingerprint density at radius 1 is 1.39 bits per heavy atom. The van der Waals surface area contributed by atoms with E-state index >= 15 is 0 Å². The van der Waals surface area contributed by atoms with Crippen molar-refractivity contribution < 1.29 is 22.4 Å². The van der Waals surface area contributed by atoms with Gasteiger partial charge in [-0.1, -0.05) is 11.2 Å². The van der Waals surface area contributed by atoms with Crippen molar-refractivity contribution in [3.05, 3.63) is 55.9 Å². The lowest BCUT2D eigenvalue weighted by atomic mass is 9.96. The van der Waals surface area contributed by atoms with Crippen LogP contribution in [0.4, 0.5) is 9.18 Å². The molecule has 0 aliphatic heterocycles. The molecule has 1 aliphatic carbocycles. The van der Waals surface area contributed by atoms with Crippen molar-refractivity contribution in [1.29, 1.82) is 0 Å². The zero-order chi connectivity index (χ0) is 22.8. The van der Waals surface area contributed by atoms with E-state index in [1.54, 1.807) is 0 Å². The SMILES string of the molecule is CN(CCc1ccc(F)cc1C(=O)NC(N)=O)S(=O)(=O)c1csc2c1CCCC2N=O. The Hall–Kier alpha value is -2.70. The van der Waals surface area contributed by atoms with Crippen LogP contribution in [0.15, 0.2) is 33.7 Å². The molecule has 12 heteroatoms. The van der Waals surface area contributed by atoms with Crippen molar-refractivity contribution in [3.8, 4) is 0 Å². The highest BCUT2D eigenvalue weighted by Gasteiger charge is 2.32. The third-order valence-electron chi connectivity index (χ3n) is 5.16. The first kappa shape index (κ1) is 23.0. The number of nitroso groups, excluding NO2 is 1. The molecule has 1 heterocycles. The van der Waals surface area contributed by atoms with Gasteiger partial charge in [-0.15, -0.1) is 11.3 Å². The van der Waals surface area contributed by atoms with E-state index in [0.717, 1.165) is 16.4 Å². The van der Waals surface area contributed by atoms with Crippen LogP contribution >= 0.6 is 11.3 Å². The van der Waals surface area contributed by atoms with Gasteiger partial charge in [-0.05, 0) is 48.9 Å². The van der Waals surface area contributed by atoms with Crippen LogP contribution in [0.1, 0.15) is 45.2 Å². The maximum absolute atomic E-state index is 13.6. The number of nitrogens with zero attached hydrogens (tertiary/aromatic N) is 2. The molecular formula is C19H21FN4O5S2. The molecule has 9 nitrogen and oxygen atoms in total. The van der Waals surface area contributed by atoms with E-state index in [2.05, 4.69) is 5.18 Å². The minimum atomic E-state index is -3.85. The highest BCUT2D eigenvalue weighted by Crippen LogP contribution is 2.41. The molecule has 0 radical (unpaired) electrons. The Labute approximate surface area is 182 Å². The largest absolute Gasteiger partial charge is 0.351 e. The summed E-state index contributed by atoms with van der Waals surface area (Å²) in [7, 11) is -2.44. The van der Waals surface area contributed by atoms with Gasteiger partial charge in [0.2, 0.25) is 10.0 Å². The summed E-state index contributed by atoms with van der Waals surface area (Å²) in [6.07, 6.45) is 1.94. The number of likely N-dealkylation sites (N-methyl/N-ethyl adjacent to an activating group) is 1. The van der Waals surface area contributed by atoms with Gasteiger partial charge in [-0.25, -0.2) is 21.9 Å². The highest BCUT2D eigenvalue weighted by atomic mass is 32.2. The lowest BCUT2D eigenvalue weighted by Crippen LogP contribution is -2.36. The fourth-order valence-electron chi connectivity index (χ4n) is 3.55. The number of hydrogen-bond acceptors (Lipinski definition) is 7. The van der Waals surface area contributed by atoms with E-state index in [-0.39, 0.29) is 23.4 Å². The average molecular weight is 469 g/mol. The van der Waals surface area contributed by atoms with Gasteiger partial charge in [0.25, 0.3) is 5.91 Å². The molecule has 1 aliphatic rings. The second kappa shape index (κ2) is 9.20. The van der Waals surface area contributed by atoms with Crippen molar-refractivity contribution in [2.24, 2.45) is 10.9 Å². The Morgan fingerprint density at radius 2 is 2.13 bits per heavy atom. The van der Waals surface area contributed by atoms with Crippen molar-refractivity contribution in [2.45, 2.75) is 36.6 Å². The second-order valence-corrected chi connectivity index (χ2v) is 10.1. The van der Waals surface area contributed by atoms with E-state index in [0.29, 0.717) is 35.3 Å². The molecule has 1 aromatic heterocycles. The van der Waals surface area contributed by atoms with Gasteiger partial charge in [0.1, 0.15) is 11.9 Å². The quantitative estimate of drug-likeness (QED) is 0.602. The maximum atomic E-state index is 13.6. The van der Waals surface area contributed by atoms with Crippen LogP contribution in [0, 0.1) is 10.7 Å².